The van der Waals surface area contributed by atoms with Crippen molar-refractivity contribution in [1.29, 1.82) is 0 Å². The van der Waals surface area contributed by atoms with Crippen molar-refractivity contribution in [3.05, 3.63) is 34.9 Å². The summed E-state index contributed by atoms with van der Waals surface area (Å²) >= 11 is 0. The Bertz CT molecular complexity index is 501. The minimum atomic E-state index is -0.360. The number of guanidine groups is 1. The molecule has 1 aliphatic rings. The van der Waals surface area contributed by atoms with E-state index in [-0.39, 0.29) is 11.9 Å². The number of aryl methyl sites for hydroxylation is 1. The largest absolute Gasteiger partial charge is 0.368 e. The lowest BCUT2D eigenvalue weighted by atomic mass is 9.99. The van der Waals surface area contributed by atoms with Crippen LogP contribution in [0.1, 0.15) is 16.7 Å². The predicted octanol–water partition coefficient (Wildman–Crippen LogP) is 0.947. The van der Waals surface area contributed by atoms with Crippen molar-refractivity contribution in [2.45, 2.75) is 13.8 Å². The molecule has 15 heavy (non-hydrogen) atoms. The van der Waals surface area contributed by atoms with E-state index >= 15 is 0 Å². The highest BCUT2D eigenvalue weighted by Gasteiger charge is 2.21. The number of rotatable bonds is 1. The topological polar surface area (TPSA) is 67.8 Å². The SMILES string of the molecule is Cc1cccc(C2=NC(N)=NC2=O)c1C. The highest BCUT2D eigenvalue weighted by Crippen LogP contribution is 2.16. The molecule has 0 fully saturated rings. The maximum atomic E-state index is 11.5. The molecule has 0 radical (unpaired) electrons. The summed E-state index contributed by atoms with van der Waals surface area (Å²) in [7, 11) is 0. The molecule has 1 amide bonds. The minimum Gasteiger partial charge on any atom is -0.368 e. The molecule has 0 saturated carbocycles. The summed E-state index contributed by atoms with van der Waals surface area (Å²) in [5, 5.41) is 0. The molecule has 1 aromatic carbocycles. The molecule has 0 bridgehead atoms. The van der Waals surface area contributed by atoms with Crippen LogP contribution in [0.25, 0.3) is 0 Å². The van der Waals surface area contributed by atoms with Gasteiger partial charge < -0.3 is 5.73 Å². The molecular formula is C11H11N3O. The third kappa shape index (κ3) is 1.54. The quantitative estimate of drug-likeness (QED) is 0.734. The van der Waals surface area contributed by atoms with Gasteiger partial charge in [0, 0.05) is 5.56 Å². The lowest BCUT2D eigenvalue weighted by Gasteiger charge is -2.05. The Balaban J connectivity index is 2.53. The zero-order chi connectivity index (χ0) is 11.0. The standard InChI is InChI=1S/C11H11N3O/c1-6-4-3-5-8(7(6)2)9-10(15)14-11(12)13-9/h3-5H,1-2H3,(H2,12,14,15). The second kappa shape index (κ2) is 3.31. The molecule has 1 aliphatic heterocycles. The molecule has 0 atom stereocenters. The molecule has 4 heteroatoms. The summed E-state index contributed by atoms with van der Waals surface area (Å²) in [6.07, 6.45) is 0. The molecule has 4 nitrogen and oxygen atoms in total. The zero-order valence-electron chi connectivity index (χ0n) is 8.61. The molecule has 1 heterocycles. The number of nitrogens with two attached hydrogens (primary N) is 1. The van der Waals surface area contributed by atoms with Gasteiger partial charge in [0.1, 0.15) is 5.71 Å². The van der Waals surface area contributed by atoms with E-state index in [0.717, 1.165) is 16.7 Å². The molecule has 2 rings (SSSR count). The molecular weight excluding hydrogens is 190 g/mol. The predicted molar refractivity (Wildman–Crippen MR) is 59.1 cm³/mol. The van der Waals surface area contributed by atoms with Gasteiger partial charge in [-0.2, -0.15) is 4.99 Å². The van der Waals surface area contributed by atoms with Gasteiger partial charge in [0.2, 0.25) is 5.96 Å². The number of amides is 1. The number of carbonyl (C=O) groups is 1. The van der Waals surface area contributed by atoms with Crippen LogP contribution in [0, 0.1) is 13.8 Å². The Labute approximate surface area is 87.5 Å². The van der Waals surface area contributed by atoms with Crippen molar-refractivity contribution in [2.24, 2.45) is 15.7 Å². The molecule has 76 valence electrons. The van der Waals surface area contributed by atoms with Gasteiger partial charge >= 0.3 is 0 Å². The van der Waals surface area contributed by atoms with Crippen molar-refractivity contribution < 1.29 is 4.79 Å². The van der Waals surface area contributed by atoms with Gasteiger partial charge in [-0.05, 0) is 25.0 Å². The van der Waals surface area contributed by atoms with Crippen LogP contribution in [0.2, 0.25) is 0 Å². The first-order chi connectivity index (χ1) is 7.09. The molecule has 0 saturated heterocycles. The molecule has 0 unspecified atom stereocenters. The fourth-order valence-corrected chi connectivity index (χ4v) is 1.53. The van der Waals surface area contributed by atoms with Crippen molar-refractivity contribution in [3.63, 3.8) is 0 Å². The van der Waals surface area contributed by atoms with Gasteiger partial charge in [0.15, 0.2) is 0 Å². The molecule has 0 aromatic heterocycles. The van der Waals surface area contributed by atoms with E-state index in [0.29, 0.717) is 5.71 Å². The molecule has 0 spiro atoms. The number of aliphatic imine (C=N–C) groups is 2. The first-order valence-corrected chi connectivity index (χ1v) is 4.63. The Morgan fingerprint density at radius 1 is 1.20 bits per heavy atom. The Morgan fingerprint density at radius 2 is 1.93 bits per heavy atom. The van der Waals surface area contributed by atoms with Crippen LogP contribution in [0.5, 0.6) is 0 Å². The van der Waals surface area contributed by atoms with Gasteiger partial charge in [-0.15, -0.1) is 0 Å². The Morgan fingerprint density at radius 3 is 2.53 bits per heavy atom. The van der Waals surface area contributed by atoms with Gasteiger partial charge in [-0.1, -0.05) is 18.2 Å². The molecule has 1 aromatic rings. The van der Waals surface area contributed by atoms with Crippen LogP contribution in [0.4, 0.5) is 0 Å². The number of nitrogens with zero attached hydrogens (tertiary/aromatic N) is 2. The van der Waals surface area contributed by atoms with Crippen LogP contribution in [-0.4, -0.2) is 17.6 Å². The second-order valence-corrected chi connectivity index (χ2v) is 3.48. The first-order valence-electron chi connectivity index (χ1n) is 4.63. The fraction of sp³-hybridized carbons (Fsp3) is 0.182. The van der Waals surface area contributed by atoms with Crippen molar-refractivity contribution in [2.75, 3.05) is 0 Å². The number of hydrogen-bond donors (Lipinski definition) is 1. The summed E-state index contributed by atoms with van der Waals surface area (Å²) < 4.78 is 0. The zero-order valence-corrected chi connectivity index (χ0v) is 8.61. The maximum Gasteiger partial charge on any atom is 0.299 e. The minimum absolute atomic E-state index is 0.0379. The van der Waals surface area contributed by atoms with Crippen molar-refractivity contribution in [3.8, 4) is 0 Å². The average Bonchev–Trinajstić information content (AvgIpc) is 2.50. The molecule has 2 N–H and O–H groups in total. The average molecular weight is 201 g/mol. The summed E-state index contributed by atoms with van der Waals surface area (Å²) in [5.74, 6) is -0.322. The van der Waals surface area contributed by atoms with Crippen LogP contribution in [0.3, 0.4) is 0 Å². The summed E-state index contributed by atoms with van der Waals surface area (Å²) in [6, 6.07) is 5.73. The van der Waals surface area contributed by atoms with Crippen molar-refractivity contribution in [1.82, 2.24) is 0 Å². The fourth-order valence-electron chi connectivity index (χ4n) is 1.53. The second-order valence-electron chi connectivity index (χ2n) is 3.48. The van der Waals surface area contributed by atoms with E-state index < -0.39 is 0 Å². The number of carbonyl (C=O) groups excluding carboxylic acids is 1. The normalized spacial score (nSPS) is 15.2. The summed E-state index contributed by atoms with van der Waals surface area (Å²) in [6.45, 7) is 3.94. The van der Waals surface area contributed by atoms with Crippen LogP contribution in [0.15, 0.2) is 28.2 Å². The van der Waals surface area contributed by atoms with E-state index in [9.17, 15) is 4.79 Å². The third-order valence-corrected chi connectivity index (χ3v) is 2.50. The summed E-state index contributed by atoms with van der Waals surface area (Å²) in [5.41, 5.74) is 8.69. The van der Waals surface area contributed by atoms with E-state index in [2.05, 4.69) is 9.98 Å². The number of benzene rings is 1. The smallest absolute Gasteiger partial charge is 0.299 e. The maximum absolute atomic E-state index is 11.5. The Kier molecular flexibility index (Phi) is 2.11. The number of hydrogen-bond acceptors (Lipinski definition) is 3. The van der Waals surface area contributed by atoms with Crippen LogP contribution < -0.4 is 5.73 Å². The van der Waals surface area contributed by atoms with Gasteiger partial charge in [-0.3, -0.25) is 4.79 Å². The monoisotopic (exact) mass is 201 g/mol. The van der Waals surface area contributed by atoms with Crippen molar-refractivity contribution >= 4 is 17.6 Å². The van der Waals surface area contributed by atoms with Gasteiger partial charge in [-0.25, -0.2) is 4.99 Å². The highest BCUT2D eigenvalue weighted by atomic mass is 16.1. The first kappa shape index (κ1) is 9.58. The lowest BCUT2D eigenvalue weighted by molar-refractivity contribution is -0.111. The lowest BCUT2D eigenvalue weighted by Crippen LogP contribution is -2.11. The van der Waals surface area contributed by atoms with Crippen LogP contribution in [-0.2, 0) is 4.79 Å². The molecule has 0 aliphatic carbocycles. The highest BCUT2D eigenvalue weighted by molar-refractivity contribution is 6.51. The van der Waals surface area contributed by atoms with E-state index in [4.69, 9.17) is 5.73 Å². The summed E-state index contributed by atoms with van der Waals surface area (Å²) in [4.78, 5) is 19.0. The van der Waals surface area contributed by atoms with E-state index in [1.165, 1.54) is 0 Å². The van der Waals surface area contributed by atoms with Gasteiger partial charge in [0.05, 0.1) is 0 Å². The third-order valence-electron chi connectivity index (χ3n) is 2.50. The van der Waals surface area contributed by atoms with Crippen LogP contribution >= 0.6 is 0 Å². The van der Waals surface area contributed by atoms with Gasteiger partial charge in [0.25, 0.3) is 5.91 Å². The van der Waals surface area contributed by atoms with E-state index in [1.807, 2.05) is 32.0 Å². The van der Waals surface area contributed by atoms with E-state index in [1.54, 1.807) is 0 Å². The Hall–Kier alpha value is -1.97.